The lowest BCUT2D eigenvalue weighted by Crippen LogP contribution is -2.36. The SMILES string of the molecule is O=C(NNCc1ccccc1)c1cc2cn[nH]c2s1. The molecule has 0 bridgehead atoms. The van der Waals surface area contributed by atoms with Crippen LogP contribution in [0.15, 0.2) is 42.6 Å². The van der Waals surface area contributed by atoms with Crippen molar-refractivity contribution in [3.05, 3.63) is 53.0 Å². The number of nitrogens with one attached hydrogen (secondary N) is 3. The Balaban J connectivity index is 1.58. The van der Waals surface area contributed by atoms with Crippen molar-refractivity contribution in [2.24, 2.45) is 0 Å². The van der Waals surface area contributed by atoms with Crippen LogP contribution in [0.4, 0.5) is 0 Å². The van der Waals surface area contributed by atoms with Crippen molar-refractivity contribution < 1.29 is 4.79 Å². The largest absolute Gasteiger partial charge is 0.286 e. The Morgan fingerprint density at radius 2 is 2.16 bits per heavy atom. The van der Waals surface area contributed by atoms with E-state index in [1.807, 2.05) is 36.4 Å². The molecule has 0 saturated heterocycles. The van der Waals surface area contributed by atoms with Crippen LogP contribution in [0.1, 0.15) is 15.2 Å². The molecule has 0 saturated carbocycles. The molecule has 0 radical (unpaired) electrons. The third-order valence-electron chi connectivity index (χ3n) is 2.69. The number of amides is 1. The number of hydrazine groups is 1. The van der Waals surface area contributed by atoms with E-state index < -0.39 is 0 Å². The summed E-state index contributed by atoms with van der Waals surface area (Å²) in [7, 11) is 0. The molecule has 0 aliphatic heterocycles. The zero-order valence-corrected chi connectivity index (χ0v) is 10.8. The van der Waals surface area contributed by atoms with Gasteiger partial charge in [0.15, 0.2) is 0 Å². The summed E-state index contributed by atoms with van der Waals surface area (Å²) < 4.78 is 0. The molecule has 1 amide bonds. The second-order valence-electron chi connectivity index (χ2n) is 4.06. The number of carbonyl (C=O) groups is 1. The molecule has 0 unspecified atom stereocenters. The van der Waals surface area contributed by atoms with Crippen LogP contribution in [0, 0.1) is 0 Å². The molecular formula is C13H12N4OS. The van der Waals surface area contributed by atoms with Crippen LogP contribution >= 0.6 is 11.3 Å². The molecule has 3 rings (SSSR count). The number of thiophene rings is 1. The van der Waals surface area contributed by atoms with E-state index in [0.29, 0.717) is 11.4 Å². The molecule has 0 aliphatic carbocycles. The molecule has 2 heterocycles. The summed E-state index contributed by atoms with van der Waals surface area (Å²) in [6.07, 6.45) is 1.71. The lowest BCUT2D eigenvalue weighted by Gasteiger charge is -2.05. The van der Waals surface area contributed by atoms with Crippen molar-refractivity contribution in [2.45, 2.75) is 6.54 Å². The van der Waals surface area contributed by atoms with Crippen molar-refractivity contribution >= 4 is 27.5 Å². The van der Waals surface area contributed by atoms with Gasteiger partial charge in [0.1, 0.15) is 4.83 Å². The first-order chi connectivity index (χ1) is 9.33. The topological polar surface area (TPSA) is 69.8 Å². The first kappa shape index (κ1) is 11.9. The van der Waals surface area contributed by atoms with Gasteiger partial charge >= 0.3 is 0 Å². The van der Waals surface area contributed by atoms with Gasteiger partial charge in [0.2, 0.25) is 0 Å². The fourth-order valence-electron chi connectivity index (χ4n) is 1.74. The summed E-state index contributed by atoms with van der Waals surface area (Å²) in [5.74, 6) is -0.134. The van der Waals surface area contributed by atoms with Crippen molar-refractivity contribution in [1.82, 2.24) is 21.0 Å². The smallest absolute Gasteiger partial charge is 0.275 e. The molecule has 5 nitrogen and oxygen atoms in total. The Bertz CT molecular complexity index is 660. The number of nitrogens with zero attached hydrogens (tertiary/aromatic N) is 1. The van der Waals surface area contributed by atoms with Gasteiger partial charge < -0.3 is 0 Å². The number of hydrogen-bond donors (Lipinski definition) is 3. The molecule has 0 aliphatic rings. The van der Waals surface area contributed by atoms with Gasteiger partial charge in [-0.2, -0.15) is 5.10 Å². The Hall–Kier alpha value is -2.18. The zero-order chi connectivity index (χ0) is 13.1. The second kappa shape index (κ2) is 5.21. The highest BCUT2D eigenvalue weighted by Gasteiger charge is 2.10. The van der Waals surface area contributed by atoms with Crippen molar-refractivity contribution in [1.29, 1.82) is 0 Å². The first-order valence-electron chi connectivity index (χ1n) is 5.83. The maximum absolute atomic E-state index is 11.9. The minimum Gasteiger partial charge on any atom is -0.286 e. The van der Waals surface area contributed by atoms with Gasteiger partial charge in [-0.05, 0) is 11.6 Å². The van der Waals surface area contributed by atoms with E-state index in [-0.39, 0.29) is 5.91 Å². The summed E-state index contributed by atoms with van der Waals surface area (Å²) in [6.45, 7) is 0.595. The maximum Gasteiger partial charge on any atom is 0.275 e. The third-order valence-corrected chi connectivity index (χ3v) is 3.75. The standard InChI is InChI=1S/C13H12N4OS/c18-12(11-6-10-8-15-17-13(10)19-11)16-14-7-9-4-2-1-3-5-9/h1-6,8,14H,7H2,(H,15,17)(H,16,18). The third kappa shape index (κ3) is 2.64. The molecule has 0 atom stereocenters. The van der Waals surface area contributed by atoms with E-state index >= 15 is 0 Å². The van der Waals surface area contributed by atoms with Crippen LogP contribution in [-0.2, 0) is 6.54 Å². The van der Waals surface area contributed by atoms with Crippen molar-refractivity contribution in [2.75, 3.05) is 0 Å². The number of aromatic nitrogens is 2. The lowest BCUT2D eigenvalue weighted by atomic mass is 10.2. The normalized spacial score (nSPS) is 10.7. The zero-order valence-electron chi connectivity index (χ0n) is 10.0. The predicted octanol–water partition coefficient (Wildman–Crippen LogP) is 2.06. The Morgan fingerprint density at radius 3 is 2.95 bits per heavy atom. The minimum atomic E-state index is -0.134. The highest BCUT2D eigenvalue weighted by Crippen LogP contribution is 2.22. The number of rotatable bonds is 4. The van der Waals surface area contributed by atoms with Gasteiger partial charge in [0, 0.05) is 11.9 Å². The molecule has 19 heavy (non-hydrogen) atoms. The second-order valence-corrected chi connectivity index (χ2v) is 5.11. The van der Waals surface area contributed by atoms with Crippen LogP contribution in [0.2, 0.25) is 0 Å². The van der Waals surface area contributed by atoms with Gasteiger partial charge in [-0.3, -0.25) is 15.3 Å². The van der Waals surface area contributed by atoms with Gasteiger partial charge in [0.25, 0.3) is 5.91 Å². The molecule has 0 fully saturated rings. The monoisotopic (exact) mass is 272 g/mol. The van der Waals surface area contributed by atoms with Gasteiger partial charge in [-0.25, -0.2) is 5.43 Å². The highest BCUT2D eigenvalue weighted by atomic mass is 32.1. The molecule has 0 spiro atoms. The van der Waals surface area contributed by atoms with Gasteiger partial charge in [-0.1, -0.05) is 30.3 Å². The molecule has 96 valence electrons. The van der Waals surface area contributed by atoms with Gasteiger partial charge in [0.05, 0.1) is 11.1 Å². The van der Waals surface area contributed by atoms with Gasteiger partial charge in [-0.15, -0.1) is 11.3 Å². The quantitative estimate of drug-likeness (QED) is 0.637. The number of H-pyrrole nitrogens is 1. The number of carbonyl (C=O) groups excluding carboxylic acids is 1. The van der Waals surface area contributed by atoms with E-state index in [9.17, 15) is 4.79 Å². The number of fused-ring (bicyclic) bond motifs is 1. The number of aromatic amines is 1. The Kier molecular flexibility index (Phi) is 3.26. The molecule has 1 aromatic carbocycles. The Labute approximate surface area is 113 Å². The average molecular weight is 272 g/mol. The van der Waals surface area contributed by atoms with Crippen LogP contribution in [-0.4, -0.2) is 16.1 Å². The highest BCUT2D eigenvalue weighted by molar-refractivity contribution is 7.20. The molecule has 3 aromatic rings. The van der Waals surface area contributed by atoms with Crippen LogP contribution in [0.25, 0.3) is 10.2 Å². The van der Waals surface area contributed by atoms with Crippen LogP contribution in [0.3, 0.4) is 0 Å². The van der Waals surface area contributed by atoms with E-state index in [2.05, 4.69) is 21.0 Å². The molecule has 2 aromatic heterocycles. The summed E-state index contributed by atoms with van der Waals surface area (Å²) >= 11 is 1.39. The summed E-state index contributed by atoms with van der Waals surface area (Å²) in [5.41, 5.74) is 6.72. The van der Waals surface area contributed by atoms with Crippen LogP contribution < -0.4 is 10.9 Å². The number of hydrogen-bond acceptors (Lipinski definition) is 4. The molecule has 6 heteroatoms. The minimum absolute atomic E-state index is 0.134. The molecule has 3 N–H and O–H groups in total. The summed E-state index contributed by atoms with van der Waals surface area (Å²) in [4.78, 5) is 13.5. The fraction of sp³-hybridized carbons (Fsp3) is 0.0769. The first-order valence-corrected chi connectivity index (χ1v) is 6.64. The van der Waals surface area contributed by atoms with Crippen LogP contribution in [0.5, 0.6) is 0 Å². The van der Waals surface area contributed by atoms with E-state index in [1.165, 1.54) is 11.3 Å². The predicted molar refractivity (Wildman–Crippen MR) is 74.7 cm³/mol. The molecular weight excluding hydrogens is 260 g/mol. The fourth-order valence-corrected chi connectivity index (χ4v) is 2.62. The van der Waals surface area contributed by atoms with Crippen molar-refractivity contribution in [3.63, 3.8) is 0 Å². The summed E-state index contributed by atoms with van der Waals surface area (Å²) in [5, 5.41) is 7.70. The van der Waals surface area contributed by atoms with Crippen molar-refractivity contribution in [3.8, 4) is 0 Å². The summed E-state index contributed by atoms with van der Waals surface area (Å²) in [6, 6.07) is 11.7. The maximum atomic E-state index is 11.9. The Morgan fingerprint density at radius 1 is 1.32 bits per heavy atom. The van der Waals surface area contributed by atoms with E-state index in [4.69, 9.17) is 0 Å². The van der Waals surface area contributed by atoms with E-state index in [0.717, 1.165) is 15.8 Å². The number of benzene rings is 1. The lowest BCUT2D eigenvalue weighted by molar-refractivity contribution is 0.0936. The van der Waals surface area contributed by atoms with E-state index in [1.54, 1.807) is 6.20 Å². The average Bonchev–Trinajstić information content (AvgIpc) is 3.00.